The standard InChI is InChI=1S/C10H16O4/c1-10(2)13-8-6(11)7(5-3-4-5)12-9(8)14-10/h5-9,11H,3-4H2,1-2H3/t6-,7+,8+,9-/m1/s1. The van der Waals surface area contributed by atoms with Gasteiger partial charge in [0.05, 0.1) is 6.10 Å². The first kappa shape index (κ1) is 9.09. The Morgan fingerprint density at radius 2 is 1.86 bits per heavy atom. The molecule has 1 N–H and O–H groups in total. The summed E-state index contributed by atoms with van der Waals surface area (Å²) >= 11 is 0. The topological polar surface area (TPSA) is 47.9 Å². The predicted octanol–water partition coefficient (Wildman–Crippen LogP) is 0.634. The lowest BCUT2D eigenvalue weighted by Gasteiger charge is -2.22. The van der Waals surface area contributed by atoms with Crippen molar-refractivity contribution in [3.8, 4) is 0 Å². The van der Waals surface area contributed by atoms with Gasteiger partial charge in [-0.15, -0.1) is 0 Å². The highest BCUT2D eigenvalue weighted by atomic mass is 16.8. The molecule has 80 valence electrons. The minimum Gasteiger partial charge on any atom is -0.387 e. The van der Waals surface area contributed by atoms with Crippen LogP contribution in [0.4, 0.5) is 0 Å². The summed E-state index contributed by atoms with van der Waals surface area (Å²) in [6.45, 7) is 3.68. The van der Waals surface area contributed by atoms with Gasteiger partial charge >= 0.3 is 0 Å². The van der Waals surface area contributed by atoms with Crippen molar-refractivity contribution in [1.29, 1.82) is 0 Å². The molecule has 1 aliphatic carbocycles. The Bertz CT molecular complexity index is 247. The van der Waals surface area contributed by atoms with Crippen molar-refractivity contribution in [2.75, 3.05) is 0 Å². The first-order valence-corrected chi connectivity index (χ1v) is 5.26. The maximum atomic E-state index is 9.97. The molecule has 2 aliphatic heterocycles. The van der Waals surface area contributed by atoms with Crippen LogP contribution in [-0.2, 0) is 14.2 Å². The second-order valence-electron chi connectivity index (χ2n) is 4.90. The molecule has 0 aromatic carbocycles. The van der Waals surface area contributed by atoms with Gasteiger partial charge in [-0.1, -0.05) is 0 Å². The van der Waals surface area contributed by atoms with Gasteiger partial charge in [0.15, 0.2) is 12.1 Å². The Labute approximate surface area is 83.1 Å². The van der Waals surface area contributed by atoms with E-state index in [9.17, 15) is 5.11 Å². The van der Waals surface area contributed by atoms with Crippen LogP contribution in [0.3, 0.4) is 0 Å². The zero-order chi connectivity index (χ0) is 9.92. The van der Waals surface area contributed by atoms with E-state index >= 15 is 0 Å². The van der Waals surface area contributed by atoms with E-state index in [-0.39, 0.29) is 18.5 Å². The molecular weight excluding hydrogens is 184 g/mol. The molecule has 3 aliphatic rings. The first-order valence-electron chi connectivity index (χ1n) is 5.26. The number of fused-ring (bicyclic) bond motifs is 1. The molecule has 4 heteroatoms. The zero-order valence-corrected chi connectivity index (χ0v) is 8.47. The summed E-state index contributed by atoms with van der Waals surface area (Å²) in [4.78, 5) is 0. The average Bonchev–Trinajstić information content (AvgIpc) is 2.81. The van der Waals surface area contributed by atoms with Crippen molar-refractivity contribution in [1.82, 2.24) is 0 Å². The van der Waals surface area contributed by atoms with E-state index in [2.05, 4.69) is 0 Å². The van der Waals surface area contributed by atoms with E-state index in [4.69, 9.17) is 14.2 Å². The molecule has 2 saturated heterocycles. The number of hydrogen-bond acceptors (Lipinski definition) is 4. The molecular formula is C10H16O4. The first-order chi connectivity index (χ1) is 6.57. The molecule has 3 fully saturated rings. The van der Waals surface area contributed by atoms with Gasteiger partial charge < -0.3 is 19.3 Å². The minimum atomic E-state index is -0.620. The highest BCUT2D eigenvalue weighted by Crippen LogP contribution is 2.45. The molecule has 14 heavy (non-hydrogen) atoms. The number of aliphatic hydroxyl groups excluding tert-OH is 1. The molecule has 0 radical (unpaired) electrons. The van der Waals surface area contributed by atoms with E-state index in [1.165, 1.54) is 0 Å². The van der Waals surface area contributed by atoms with Crippen LogP contribution < -0.4 is 0 Å². The largest absolute Gasteiger partial charge is 0.387 e. The summed E-state index contributed by atoms with van der Waals surface area (Å²) < 4.78 is 16.8. The van der Waals surface area contributed by atoms with Gasteiger partial charge in [0, 0.05) is 0 Å². The second kappa shape index (κ2) is 2.70. The summed E-state index contributed by atoms with van der Waals surface area (Å²) in [6.07, 6.45) is 1.06. The fourth-order valence-corrected chi connectivity index (χ4v) is 2.33. The summed E-state index contributed by atoms with van der Waals surface area (Å²) in [5.74, 6) is -0.101. The van der Waals surface area contributed by atoms with Gasteiger partial charge in [0.1, 0.15) is 12.2 Å². The van der Waals surface area contributed by atoms with Crippen LogP contribution in [0.1, 0.15) is 26.7 Å². The van der Waals surface area contributed by atoms with E-state index < -0.39 is 11.9 Å². The van der Waals surface area contributed by atoms with E-state index in [1.54, 1.807) is 0 Å². The summed E-state index contributed by atoms with van der Waals surface area (Å²) in [5, 5.41) is 9.97. The number of rotatable bonds is 1. The minimum absolute atomic E-state index is 0.0684. The molecule has 4 atom stereocenters. The Balaban J connectivity index is 1.74. The second-order valence-corrected chi connectivity index (χ2v) is 4.90. The average molecular weight is 200 g/mol. The van der Waals surface area contributed by atoms with Crippen molar-refractivity contribution in [2.24, 2.45) is 5.92 Å². The van der Waals surface area contributed by atoms with Crippen LogP contribution >= 0.6 is 0 Å². The fraction of sp³-hybridized carbons (Fsp3) is 1.00. The van der Waals surface area contributed by atoms with Crippen LogP contribution in [0.15, 0.2) is 0 Å². The van der Waals surface area contributed by atoms with Crippen molar-refractivity contribution in [3.63, 3.8) is 0 Å². The lowest BCUT2D eigenvalue weighted by molar-refractivity contribution is -0.217. The molecule has 3 rings (SSSR count). The normalized spacial score (nSPS) is 50.8. The van der Waals surface area contributed by atoms with Gasteiger partial charge in [-0.2, -0.15) is 0 Å². The predicted molar refractivity (Wildman–Crippen MR) is 47.4 cm³/mol. The Kier molecular flexibility index (Phi) is 1.75. The van der Waals surface area contributed by atoms with Crippen molar-refractivity contribution in [3.05, 3.63) is 0 Å². The molecule has 4 nitrogen and oxygen atoms in total. The zero-order valence-electron chi connectivity index (χ0n) is 8.47. The van der Waals surface area contributed by atoms with Crippen molar-refractivity contribution < 1.29 is 19.3 Å². The number of hydrogen-bond donors (Lipinski definition) is 1. The van der Waals surface area contributed by atoms with Crippen molar-refractivity contribution >= 4 is 0 Å². The third kappa shape index (κ3) is 1.29. The van der Waals surface area contributed by atoms with Crippen molar-refractivity contribution in [2.45, 2.75) is 57.1 Å². The van der Waals surface area contributed by atoms with Crippen LogP contribution in [-0.4, -0.2) is 35.5 Å². The lowest BCUT2D eigenvalue weighted by Crippen LogP contribution is -2.35. The fourth-order valence-electron chi connectivity index (χ4n) is 2.33. The maximum absolute atomic E-state index is 9.97. The van der Waals surface area contributed by atoms with Gasteiger partial charge in [-0.25, -0.2) is 0 Å². The molecule has 0 amide bonds. The van der Waals surface area contributed by atoms with Crippen LogP contribution in [0.2, 0.25) is 0 Å². The third-order valence-corrected chi connectivity index (χ3v) is 3.14. The molecule has 0 aromatic heterocycles. The van der Waals surface area contributed by atoms with E-state index in [0.717, 1.165) is 12.8 Å². The van der Waals surface area contributed by atoms with E-state index in [0.29, 0.717) is 5.92 Å². The third-order valence-electron chi connectivity index (χ3n) is 3.14. The van der Waals surface area contributed by atoms with Gasteiger partial charge in [-0.3, -0.25) is 0 Å². The van der Waals surface area contributed by atoms with Crippen LogP contribution in [0.25, 0.3) is 0 Å². The SMILES string of the molecule is CC1(C)O[C@H]2O[C@@H](C3CC3)[C@@H](O)[C@@H]2O1. The smallest absolute Gasteiger partial charge is 0.190 e. The molecule has 2 heterocycles. The lowest BCUT2D eigenvalue weighted by atomic mass is 10.1. The Morgan fingerprint density at radius 1 is 1.14 bits per heavy atom. The quantitative estimate of drug-likeness (QED) is 0.674. The highest BCUT2D eigenvalue weighted by Gasteiger charge is 2.57. The van der Waals surface area contributed by atoms with Gasteiger partial charge in [0.25, 0.3) is 0 Å². The van der Waals surface area contributed by atoms with Gasteiger partial charge in [-0.05, 0) is 32.6 Å². The molecule has 0 unspecified atom stereocenters. The molecule has 0 bridgehead atoms. The van der Waals surface area contributed by atoms with Gasteiger partial charge in [0.2, 0.25) is 0 Å². The summed E-state index contributed by atoms with van der Waals surface area (Å²) in [6, 6.07) is 0. The Hall–Kier alpha value is -0.160. The maximum Gasteiger partial charge on any atom is 0.190 e. The molecule has 1 saturated carbocycles. The van der Waals surface area contributed by atoms with E-state index in [1.807, 2.05) is 13.8 Å². The molecule has 0 spiro atoms. The molecule has 0 aromatic rings. The van der Waals surface area contributed by atoms with Crippen LogP contribution in [0.5, 0.6) is 0 Å². The summed E-state index contributed by atoms with van der Waals surface area (Å²) in [7, 11) is 0. The summed E-state index contributed by atoms with van der Waals surface area (Å²) in [5.41, 5.74) is 0. The monoisotopic (exact) mass is 200 g/mol. The highest BCUT2D eigenvalue weighted by molar-refractivity contribution is 4.98. The number of aliphatic hydroxyl groups is 1. The number of ether oxygens (including phenoxy) is 3. The van der Waals surface area contributed by atoms with Crippen LogP contribution in [0, 0.1) is 5.92 Å². The Morgan fingerprint density at radius 3 is 2.43 bits per heavy atom.